The predicted molar refractivity (Wildman–Crippen MR) is 118 cm³/mol. The molecular weight excluding hydrogens is 458 g/mol. The van der Waals surface area contributed by atoms with Gasteiger partial charge < -0.3 is 10.1 Å². The number of benzene rings is 2. The molecule has 32 heavy (non-hydrogen) atoms. The average Bonchev–Trinajstić information content (AvgIpc) is 3.24. The zero-order valence-corrected chi connectivity index (χ0v) is 18.1. The van der Waals surface area contributed by atoms with Gasteiger partial charge in [0.05, 0.1) is 23.3 Å². The Kier molecular flexibility index (Phi) is 7.46. The quantitative estimate of drug-likeness (QED) is 0.165. The number of nitrogens with zero attached hydrogens (tertiary/aromatic N) is 3. The molecule has 0 saturated heterocycles. The fourth-order valence-electron chi connectivity index (χ4n) is 2.44. The highest BCUT2D eigenvalue weighted by Gasteiger charge is 2.20. The summed E-state index contributed by atoms with van der Waals surface area (Å²) in [7, 11) is 1.28. The lowest BCUT2D eigenvalue weighted by Crippen LogP contribution is -2.14. The van der Waals surface area contributed by atoms with E-state index in [1.807, 2.05) is 0 Å². The highest BCUT2D eigenvalue weighted by atomic mass is 32.2. The van der Waals surface area contributed by atoms with Crippen LogP contribution in [-0.2, 0) is 9.53 Å². The lowest BCUT2D eigenvalue weighted by atomic mass is 10.1. The molecule has 3 rings (SSSR count). The van der Waals surface area contributed by atoms with E-state index < -0.39 is 16.8 Å². The number of ether oxygens (including phenoxy) is 1. The maximum absolute atomic E-state index is 12.3. The molecule has 0 bridgehead atoms. The lowest BCUT2D eigenvalue weighted by molar-refractivity contribution is -0.385. The molecule has 1 heterocycles. The molecule has 0 unspecified atom stereocenters. The summed E-state index contributed by atoms with van der Waals surface area (Å²) < 4.78 is 5.04. The summed E-state index contributed by atoms with van der Waals surface area (Å²) in [4.78, 5) is 46.3. The number of amides is 2. The first-order valence-corrected chi connectivity index (χ1v) is 10.7. The van der Waals surface area contributed by atoms with E-state index in [1.165, 1.54) is 43.5 Å². The molecule has 2 aromatic carbocycles. The summed E-state index contributed by atoms with van der Waals surface area (Å²) in [6.07, 6.45) is 0. The van der Waals surface area contributed by atoms with Gasteiger partial charge in [-0.05, 0) is 30.3 Å². The van der Waals surface area contributed by atoms with Gasteiger partial charge in [0.15, 0.2) is 4.34 Å². The molecule has 0 aliphatic rings. The van der Waals surface area contributed by atoms with Gasteiger partial charge in [-0.1, -0.05) is 35.2 Å². The number of hydrogen-bond donors (Lipinski definition) is 2. The summed E-state index contributed by atoms with van der Waals surface area (Å²) in [5.74, 6) is -1.43. The van der Waals surface area contributed by atoms with Crippen LogP contribution in [0.3, 0.4) is 0 Å². The van der Waals surface area contributed by atoms with Crippen LogP contribution in [0.5, 0.6) is 0 Å². The predicted octanol–water partition coefficient (Wildman–Crippen LogP) is 3.22. The molecule has 2 amide bonds. The second kappa shape index (κ2) is 10.5. The van der Waals surface area contributed by atoms with Gasteiger partial charge in [-0.3, -0.25) is 25.0 Å². The van der Waals surface area contributed by atoms with Crippen LogP contribution in [0.4, 0.5) is 16.5 Å². The number of esters is 1. The van der Waals surface area contributed by atoms with Gasteiger partial charge in [-0.2, -0.15) is 0 Å². The molecule has 3 aromatic rings. The van der Waals surface area contributed by atoms with Crippen molar-refractivity contribution in [1.82, 2.24) is 10.2 Å². The summed E-state index contributed by atoms with van der Waals surface area (Å²) >= 11 is 2.14. The van der Waals surface area contributed by atoms with Crippen molar-refractivity contribution in [2.24, 2.45) is 0 Å². The Labute approximate surface area is 189 Å². The number of hydrogen-bond acceptors (Lipinski definition) is 10. The fourth-order valence-corrected chi connectivity index (χ4v) is 3.99. The normalized spacial score (nSPS) is 10.3. The molecular formula is C19H15N5O6S2. The molecule has 164 valence electrons. The maximum atomic E-state index is 12.3. The van der Waals surface area contributed by atoms with Crippen LogP contribution in [0, 0.1) is 10.1 Å². The van der Waals surface area contributed by atoms with Crippen molar-refractivity contribution in [3.05, 3.63) is 69.8 Å². The van der Waals surface area contributed by atoms with E-state index in [9.17, 15) is 24.5 Å². The summed E-state index contributed by atoms with van der Waals surface area (Å²) in [5, 5.41) is 24.1. The second-order valence-electron chi connectivity index (χ2n) is 6.01. The standard InChI is InChI=1S/C19H15N5O6S2/c1-30-17(27)11-6-8-12(9-7-11)20-15(25)10-31-19-23-22-18(32-19)21-16(26)13-4-2-3-5-14(13)24(28)29/h2-9H,10H2,1H3,(H,20,25)(H,21,22,26). The molecule has 11 nitrogen and oxygen atoms in total. The number of para-hydroxylation sites is 1. The number of nitrogens with one attached hydrogen (secondary N) is 2. The van der Waals surface area contributed by atoms with Gasteiger partial charge in [-0.15, -0.1) is 10.2 Å². The SMILES string of the molecule is COC(=O)c1ccc(NC(=O)CSc2nnc(NC(=O)c3ccccc3[N+](=O)[O-])s2)cc1. The minimum absolute atomic E-state index is 0.0332. The summed E-state index contributed by atoms with van der Waals surface area (Å²) in [5.41, 5.74) is 0.460. The minimum atomic E-state index is -0.682. The molecule has 0 fully saturated rings. The Morgan fingerprint density at radius 3 is 2.50 bits per heavy atom. The van der Waals surface area contributed by atoms with Crippen molar-refractivity contribution >= 4 is 57.4 Å². The number of thioether (sulfide) groups is 1. The number of nitro groups is 1. The largest absolute Gasteiger partial charge is 0.465 e. The number of anilines is 2. The molecule has 0 spiro atoms. The number of methoxy groups -OCH3 is 1. The van der Waals surface area contributed by atoms with Crippen LogP contribution >= 0.6 is 23.1 Å². The highest BCUT2D eigenvalue weighted by Crippen LogP contribution is 2.27. The first-order chi connectivity index (χ1) is 15.4. The number of carbonyl (C=O) groups is 3. The third-order valence-corrected chi connectivity index (χ3v) is 5.86. The fraction of sp³-hybridized carbons (Fsp3) is 0.105. The van der Waals surface area contributed by atoms with Crippen molar-refractivity contribution in [3.8, 4) is 0 Å². The maximum Gasteiger partial charge on any atom is 0.337 e. The van der Waals surface area contributed by atoms with Gasteiger partial charge in [0.25, 0.3) is 11.6 Å². The summed E-state index contributed by atoms with van der Waals surface area (Å²) in [6, 6.07) is 11.8. The van der Waals surface area contributed by atoms with E-state index in [0.717, 1.165) is 23.1 Å². The van der Waals surface area contributed by atoms with Gasteiger partial charge >= 0.3 is 5.97 Å². The Hall–Kier alpha value is -3.84. The Morgan fingerprint density at radius 1 is 1.09 bits per heavy atom. The van der Waals surface area contributed by atoms with Gasteiger partial charge in [0.1, 0.15) is 5.56 Å². The van der Waals surface area contributed by atoms with Crippen LogP contribution in [0.2, 0.25) is 0 Å². The summed E-state index contributed by atoms with van der Waals surface area (Å²) in [6.45, 7) is 0. The Balaban J connectivity index is 1.53. The Morgan fingerprint density at radius 2 is 1.81 bits per heavy atom. The first-order valence-electron chi connectivity index (χ1n) is 8.86. The number of rotatable bonds is 8. The topological polar surface area (TPSA) is 153 Å². The minimum Gasteiger partial charge on any atom is -0.465 e. The van der Waals surface area contributed by atoms with E-state index >= 15 is 0 Å². The average molecular weight is 473 g/mol. The Bertz CT molecular complexity index is 1170. The first kappa shape index (κ1) is 22.8. The van der Waals surface area contributed by atoms with Crippen molar-refractivity contribution in [2.75, 3.05) is 23.5 Å². The molecule has 0 radical (unpaired) electrons. The molecule has 0 aliphatic heterocycles. The van der Waals surface area contributed by atoms with Crippen LogP contribution in [0.1, 0.15) is 20.7 Å². The van der Waals surface area contributed by atoms with Crippen LogP contribution in [0.25, 0.3) is 0 Å². The van der Waals surface area contributed by atoms with Crippen molar-refractivity contribution in [3.63, 3.8) is 0 Å². The monoisotopic (exact) mass is 473 g/mol. The smallest absolute Gasteiger partial charge is 0.337 e. The van der Waals surface area contributed by atoms with Gasteiger partial charge in [-0.25, -0.2) is 4.79 Å². The molecule has 2 N–H and O–H groups in total. The number of aromatic nitrogens is 2. The van der Waals surface area contributed by atoms with Gasteiger partial charge in [0.2, 0.25) is 11.0 Å². The third kappa shape index (κ3) is 5.86. The second-order valence-corrected chi connectivity index (χ2v) is 8.21. The third-order valence-electron chi connectivity index (χ3n) is 3.89. The van der Waals surface area contributed by atoms with E-state index in [0.29, 0.717) is 15.6 Å². The molecule has 0 saturated carbocycles. The molecule has 0 aliphatic carbocycles. The van der Waals surface area contributed by atoms with E-state index in [4.69, 9.17) is 0 Å². The van der Waals surface area contributed by atoms with E-state index in [2.05, 4.69) is 25.6 Å². The van der Waals surface area contributed by atoms with Crippen molar-refractivity contribution < 1.29 is 24.0 Å². The lowest BCUT2D eigenvalue weighted by Gasteiger charge is -2.05. The van der Waals surface area contributed by atoms with Crippen LogP contribution < -0.4 is 10.6 Å². The van der Waals surface area contributed by atoms with E-state index in [-0.39, 0.29) is 28.0 Å². The van der Waals surface area contributed by atoms with Crippen LogP contribution in [0.15, 0.2) is 52.9 Å². The van der Waals surface area contributed by atoms with Gasteiger partial charge in [0, 0.05) is 11.8 Å². The zero-order chi connectivity index (χ0) is 23.1. The van der Waals surface area contributed by atoms with Crippen molar-refractivity contribution in [1.29, 1.82) is 0 Å². The van der Waals surface area contributed by atoms with Crippen molar-refractivity contribution in [2.45, 2.75) is 4.34 Å². The number of nitro benzene ring substituents is 1. The highest BCUT2D eigenvalue weighted by molar-refractivity contribution is 8.01. The van der Waals surface area contributed by atoms with Crippen LogP contribution in [-0.4, -0.2) is 45.8 Å². The zero-order valence-electron chi connectivity index (χ0n) is 16.4. The molecule has 0 atom stereocenters. The number of carbonyl (C=O) groups excluding carboxylic acids is 3. The van der Waals surface area contributed by atoms with E-state index in [1.54, 1.807) is 12.1 Å². The molecule has 1 aromatic heterocycles. The molecule has 13 heteroatoms.